The molecule has 0 amide bonds. The van der Waals surface area contributed by atoms with Crippen molar-refractivity contribution in [2.24, 2.45) is 0 Å². The van der Waals surface area contributed by atoms with Crippen LogP contribution in [0.15, 0.2) is 43.0 Å². The summed E-state index contributed by atoms with van der Waals surface area (Å²) in [5.74, 6) is 0. The second kappa shape index (κ2) is 6.63. The molecule has 1 aromatic heterocycles. The molecule has 1 aromatic carbocycles. The Morgan fingerprint density at radius 2 is 1.95 bits per heavy atom. The van der Waals surface area contributed by atoms with E-state index in [2.05, 4.69) is 31.5 Å². The Balaban J connectivity index is 1.42. The molecule has 0 spiro atoms. The molecule has 112 valence electrons. The highest BCUT2D eigenvalue weighted by Gasteiger charge is 2.16. The fraction of sp³-hybridized carbons (Fsp3) is 0.438. The molecule has 1 aliphatic heterocycles. The molecule has 3 rings (SSSR count). The first-order valence-corrected chi connectivity index (χ1v) is 7.60. The molecular formula is C16H23N5. The van der Waals surface area contributed by atoms with E-state index in [0.717, 1.165) is 45.0 Å². The van der Waals surface area contributed by atoms with Crippen LogP contribution < -0.4 is 10.6 Å². The van der Waals surface area contributed by atoms with Gasteiger partial charge in [0.15, 0.2) is 0 Å². The third-order valence-electron chi connectivity index (χ3n) is 4.06. The highest BCUT2D eigenvalue weighted by molar-refractivity contribution is 5.56. The van der Waals surface area contributed by atoms with Gasteiger partial charge in [-0.2, -0.15) is 0 Å². The fourth-order valence-electron chi connectivity index (χ4n) is 2.85. The predicted octanol–water partition coefficient (Wildman–Crippen LogP) is 1.68. The van der Waals surface area contributed by atoms with E-state index in [1.54, 1.807) is 0 Å². The monoisotopic (exact) mass is 285 g/mol. The molecule has 2 N–H and O–H groups in total. The Morgan fingerprint density at radius 1 is 1.10 bits per heavy atom. The summed E-state index contributed by atoms with van der Waals surface area (Å²) >= 11 is 0. The molecule has 0 aliphatic carbocycles. The van der Waals surface area contributed by atoms with Crippen molar-refractivity contribution in [1.29, 1.82) is 0 Å². The zero-order valence-electron chi connectivity index (χ0n) is 12.4. The molecule has 5 nitrogen and oxygen atoms in total. The lowest BCUT2D eigenvalue weighted by atomic mass is 10.2. The molecule has 5 heteroatoms. The first kappa shape index (κ1) is 13.9. The smallest absolute Gasteiger partial charge is 0.0945 e. The van der Waals surface area contributed by atoms with Crippen molar-refractivity contribution in [1.82, 2.24) is 14.5 Å². The summed E-state index contributed by atoms with van der Waals surface area (Å²) in [6, 6.07) is 8.18. The highest BCUT2D eigenvalue weighted by Crippen LogP contribution is 2.19. The lowest BCUT2D eigenvalue weighted by Crippen LogP contribution is -2.46. The average molecular weight is 285 g/mol. The molecule has 2 aromatic rings. The van der Waals surface area contributed by atoms with E-state index < -0.39 is 0 Å². The molecule has 0 saturated carbocycles. The van der Waals surface area contributed by atoms with Gasteiger partial charge in [-0.1, -0.05) is 6.07 Å². The van der Waals surface area contributed by atoms with Gasteiger partial charge in [-0.15, -0.1) is 0 Å². The summed E-state index contributed by atoms with van der Waals surface area (Å²) in [5, 5.41) is 0. The van der Waals surface area contributed by atoms with Gasteiger partial charge in [0.1, 0.15) is 0 Å². The van der Waals surface area contributed by atoms with Gasteiger partial charge >= 0.3 is 0 Å². The van der Waals surface area contributed by atoms with E-state index in [-0.39, 0.29) is 0 Å². The molecule has 1 aliphatic rings. The van der Waals surface area contributed by atoms with Crippen LogP contribution in [-0.4, -0.2) is 47.2 Å². The number of aromatic nitrogens is 2. The lowest BCUT2D eigenvalue weighted by Gasteiger charge is -2.36. The van der Waals surface area contributed by atoms with Gasteiger partial charge in [-0.3, -0.25) is 4.90 Å². The lowest BCUT2D eigenvalue weighted by molar-refractivity contribution is 0.250. The molecule has 1 saturated heterocycles. The Hall–Kier alpha value is -2.01. The minimum Gasteiger partial charge on any atom is -0.399 e. The van der Waals surface area contributed by atoms with E-state index in [1.807, 2.05) is 30.9 Å². The quantitative estimate of drug-likeness (QED) is 0.849. The second-order valence-corrected chi connectivity index (χ2v) is 5.58. The van der Waals surface area contributed by atoms with Crippen molar-refractivity contribution in [2.75, 3.05) is 43.4 Å². The minimum atomic E-state index is 0.843. The number of hydrogen-bond donors (Lipinski definition) is 1. The summed E-state index contributed by atoms with van der Waals surface area (Å²) in [7, 11) is 0. The Labute approximate surface area is 126 Å². The van der Waals surface area contributed by atoms with E-state index in [0.29, 0.717) is 0 Å². The summed E-state index contributed by atoms with van der Waals surface area (Å²) in [6.45, 7) is 6.61. The average Bonchev–Trinajstić information content (AvgIpc) is 3.01. The number of benzene rings is 1. The van der Waals surface area contributed by atoms with Crippen molar-refractivity contribution >= 4 is 11.4 Å². The van der Waals surface area contributed by atoms with Crippen molar-refractivity contribution in [2.45, 2.75) is 13.0 Å². The molecule has 0 bridgehead atoms. The predicted molar refractivity (Wildman–Crippen MR) is 86.4 cm³/mol. The van der Waals surface area contributed by atoms with E-state index in [1.165, 1.54) is 12.1 Å². The number of anilines is 2. The van der Waals surface area contributed by atoms with E-state index >= 15 is 0 Å². The normalized spacial score (nSPS) is 16.3. The minimum absolute atomic E-state index is 0.843. The van der Waals surface area contributed by atoms with Crippen LogP contribution >= 0.6 is 0 Å². The van der Waals surface area contributed by atoms with Crippen LogP contribution in [0.25, 0.3) is 0 Å². The summed E-state index contributed by atoms with van der Waals surface area (Å²) in [5.41, 5.74) is 7.95. The van der Waals surface area contributed by atoms with Crippen molar-refractivity contribution in [3.8, 4) is 0 Å². The molecule has 2 heterocycles. The number of hydrogen-bond acceptors (Lipinski definition) is 4. The zero-order chi connectivity index (χ0) is 14.5. The molecule has 21 heavy (non-hydrogen) atoms. The van der Waals surface area contributed by atoms with Crippen LogP contribution in [0.2, 0.25) is 0 Å². The molecule has 0 unspecified atom stereocenters. The standard InChI is InChI=1S/C16H23N5/c17-15-3-1-4-16(13-15)21-11-9-19(10-12-21)6-2-7-20-8-5-18-14-20/h1,3-5,8,13-14H,2,6-7,9-12,17H2. The third kappa shape index (κ3) is 3.76. The van der Waals surface area contributed by atoms with Crippen molar-refractivity contribution in [3.05, 3.63) is 43.0 Å². The molecule has 1 fully saturated rings. The Morgan fingerprint density at radius 3 is 2.67 bits per heavy atom. The maximum atomic E-state index is 5.86. The van der Waals surface area contributed by atoms with Gasteiger partial charge in [0.05, 0.1) is 6.33 Å². The number of nitrogens with zero attached hydrogens (tertiary/aromatic N) is 4. The SMILES string of the molecule is Nc1cccc(N2CCN(CCCn3ccnc3)CC2)c1. The largest absolute Gasteiger partial charge is 0.399 e. The second-order valence-electron chi connectivity index (χ2n) is 5.58. The van der Waals surface area contributed by atoms with E-state index in [9.17, 15) is 0 Å². The van der Waals surface area contributed by atoms with Crippen molar-refractivity contribution in [3.63, 3.8) is 0 Å². The van der Waals surface area contributed by atoms with Crippen LogP contribution in [-0.2, 0) is 6.54 Å². The van der Waals surface area contributed by atoms with Gasteiger partial charge in [0.25, 0.3) is 0 Å². The summed E-state index contributed by atoms with van der Waals surface area (Å²) in [6.07, 6.45) is 6.93. The number of rotatable bonds is 5. The molecule has 0 atom stereocenters. The number of piperazine rings is 1. The van der Waals surface area contributed by atoms with Gasteiger partial charge in [-0.05, 0) is 31.2 Å². The van der Waals surface area contributed by atoms with E-state index in [4.69, 9.17) is 5.73 Å². The molecular weight excluding hydrogens is 262 g/mol. The maximum Gasteiger partial charge on any atom is 0.0945 e. The third-order valence-corrected chi connectivity index (χ3v) is 4.06. The van der Waals surface area contributed by atoms with Gasteiger partial charge in [-0.25, -0.2) is 4.98 Å². The first-order valence-electron chi connectivity index (χ1n) is 7.60. The van der Waals surface area contributed by atoms with Crippen LogP contribution in [0.1, 0.15) is 6.42 Å². The van der Waals surface area contributed by atoms with Crippen LogP contribution in [0.4, 0.5) is 11.4 Å². The number of nitrogen functional groups attached to an aromatic ring is 1. The summed E-state index contributed by atoms with van der Waals surface area (Å²) in [4.78, 5) is 9.03. The van der Waals surface area contributed by atoms with Gasteiger partial charge in [0.2, 0.25) is 0 Å². The van der Waals surface area contributed by atoms with Crippen LogP contribution in [0.5, 0.6) is 0 Å². The van der Waals surface area contributed by atoms with Gasteiger partial charge in [0, 0.05) is 56.5 Å². The fourth-order valence-corrected chi connectivity index (χ4v) is 2.85. The highest BCUT2D eigenvalue weighted by atomic mass is 15.3. The van der Waals surface area contributed by atoms with Gasteiger partial charge < -0.3 is 15.2 Å². The van der Waals surface area contributed by atoms with Crippen molar-refractivity contribution < 1.29 is 0 Å². The Kier molecular flexibility index (Phi) is 4.40. The number of aryl methyl sites for hydroxylation is 1. The summed E-state index contributed by atoms with van der Waals surface area (Å²) < 4.78 is 2.14. The van der Waals surface area contributed by atoms with Crippen LogP contribution in [0, 0.1) is 0 Å². The first-order chi connectivity index (χ1) is 10.3. The Bertz CT molecular complexity index is 544. The maximum absolute atomic E-state index is 5.86. The zero-order valence-corrected chi connectivity index (χ0v) is 12.4. The molecule has 0 radical (unpaired) electrons. The van der Waals surface area contributed by atoms with Crippen LogP contribution in [0.3, 0.4) is 0 Å². The number of imidazole rings is 1. The number of nitrogens with two attached hydrogens (primary N) is 1. The topological polar surface area (TPSA) is 50.3 Å².